The van der Waals surface area contributed by atoms with Crippen LogP contribution in [0.5, 0.6) is 0 Å². The molecule has 38 heavy (non-hydrogen) atoms. The highest BCUT2D eigenvalue weighted by molar-refractivity contribution is 6.31. The van der Waals surface area contributed by atoms with E-state index in [-0.39, 0.29) is 33.5 Å². The smallest absolute Gasteiger partial charge is 0.341 e. The van der Waals surface area contributed by atoms with Gasteiger partial charge < -0.3 is 10.6 Å². The van der Waals surface area contributed by atoms with Crippen molar-refractivity contribution in [2.45, 2.75) is 12.2 Å². The molecule has 1 aliphatic rings. The molecule has 6 nitrogen and oxygen atoms in total. The average molecular weight is 547 g/mol. The molecule has 2 N–H and O–H groups in total. The van der Waals surface area contributed by atoms with Crippen LogP contribution >= 0.6 is 11.6 Å². The van der Waals surface area contributed by atoms with Crippen molar-refractivity contribution in [1.82, 2.24) is 15.1 Å². The lowest BCUT2D eigenvalue weighted by Crippen LogP contribution is -2.21. The van der Waals surface area contributed by atoms with Gasteiger partial charge in [-0.15, -0.1) is 0 Å². The zero-order valence-electron chi connectivity index (χ0n) is 19.3. The van der Waals surface area contributed by atoms with E-state index in [0.717, 1.165) is 12.1 Å². The van der Waals surface area contributed by atoms with Crippen LogP contribution < -0.4 is 10.6 Å². The third-order valence-electron chi connectivity index (χ3n) is 6.11. The summed E-state index contributed by atoms with van der Waals surface area (Å²) in [5.74, 6) is -3.47. The Hall–Kier alpha value is -4.25. The summed E-state index contributed by atoms with van der Waals surface area (Å²) >= 11 is 6.29. The van der Waals surface area contributed by atoms with Crippen LogP contribution in [0.1, 0.15) is 43.4 Å². The third-order valence-corrected chi connectivity index (χ3v) is 6.45. The Balaban J connectivity index is 1.66. The van der Waals surface area contributed by atoms with E-state index in [2.05, 4.69) is 15.7 Å². The lowest BCUT2D eigenvalue weighted by molar-refractivity contribution is -0.137. The number of rotatable bonds is 4. The molecule has 0 radical (unpaired) electrons. The van der Waals surface area contributed by atoms with Crippen LogP contribution in [0.25, 0.3) is 11.3 Å². The molecule has 2 heterocycles. The van der Waals surface area contributed by atoms with Crippen LogP contribution in [-0.2, 0) is 13.2 Å². The van der Waals surface area contributed by atoms with Crippen LogP contribution in [0.4, 0.5) is 27.6 Å². The molecule has 4 aromatic rings. The van der Waals surface area contributed by atoms with Gasteiger partial charge in [-0.2, -0.15) is 18.3 Å². The Morgan fingerprint density at radius 1 is 1.05 bits per heavy atom. The van der Waals surface area contributed by atoms with Gasteiger partial charge >= 0.3 is 6.18 Å². The van der Waals surface area contributed by atoms with Gasteiger partial charge in [-0.3, -0.25) is 14.3 Å². The van der Waals surface area contributed by atoms with Crippen molar-refractivity contribution in [3.8, 4) is 11.3 Å². The Morgan fingerprint density at radius 2 is 1.82 bits per heavy atom. The number of nitrogens with one attached hydrogen (secondary N) is 2. The molecule has 194 valence electrons. The van der Waals surface area contributed by atoms with Gasteiger partial charge in [0, 0.05) is 51.8 Å². The Labute approximate surface area is 217 Å². The van der Waals surface area contributed by atoms with Gasteiger partial charge in [0.1, 0.15) is 11.6 Å². The zero-order valence-corrected chi connectivity index (χ0v) is 20.1. The molecule has 1 aromatic heterocycles. The maximum atomic E-state index is 14.1. The number of hydrogen-bond acceptors (Lipinski definition) is 3. The molecule has 3 aromatic carbocycles. The number of carbonyl (C=O) groups excluding carboxylic acids is 2. The number of alkyl halides is 3. The summed E-state index contributed by atoms with van der Waals surface area (Å²) in [6.07, 6.45) is -3.37. The van der Waals surface area contributed by atoms with Crippen LogP contribution in [-0.4, -0.2) is 21.6 Å². The molecule has 12 heteroatoms. The van der Waals surface area contributed by atoms with Gasteiger partial charge in [0.25, 0.3) is 11.8 Å². The van der Waals surface area contributed by atoms with E-state index in [4.69, 9.17) is 11.6 Å². The average Bonchev–Trinajstić information content (AvgIpc) is 3.42. The van der Waals surface area contributed by atoms with E-state index < -0.39 is 46.8 Å². The highest BCUT2D eigenvalue weighted by Crippen LogP contribution is 2.42. The maximum Gasteiger partial charge on any atom is 0.416 e. The van der Waals surface area contributed by atoms with Crippen LogP contribution in [0, 0.1) is 11.6 Å². The second kappa shape index (κ2) is 9.25. The first kappa shape index (κ1) is 25.4. The van der Waals surface area contributed by atoms with Gasteiger partial charge in [0.05, 0.1) is 17.3 Å². The predicted molar refractivity (Wildman–Crippen MR) is 129 cm³/mol. The van der Waals surface area contributed by atoms with Crippen molar-refractivity contribution in [3.05, 3.63) is 105 Å². The molecule has 2 amide bonds. The van der Waals surface area contributed by atoms with Crippen molar-refractivity contribution >= 4 is 29.1 Å². The van der Waals surface area contributed by atoms with Crippen LogP contribution in [0.2, 0.25) is 5.02 Å². The number of aryl methyl sites for hydroxylation is 1. The van der Waals surface area contributed by atoms with Gasteiger partial charge in [0.2, 0.25) is 0 Å². The number of anilines is 1. The van der Waals surface area contributed by atoms with Crippen molar-refractivity contribution < 1.29 is 31.5 Å². The largest absolute Gasteiger partial charge is 0.416 e. The summed E-state index contributed by atoms with van der Waals surface area (Å²) in [7, 11) is 1.65. The third kappa shape index (κ3) is 4.60. The van der Waals surface area contributed by atoms with E-state index in [9.17, 15) is 31.5 Å². The maximum absolute atomic E-state index is 14.1. The fourth-order valence-corrected chi connectivity index (χ4v) is 4.62. The summed E-state index contributed by atoms with van der Waals surface area (Å²) in [6.45, 7) is 0. The molecule has 5 rings (SSSR count). The topological polar surface area (TPSA) is 76.0 Å². The van der Waals surface area contributed by atoms with E-state index in [1.165, 1.54) is 23.0 Å². The van der Waals surface area contributed by atoms with E-state index in [0.29, 0.717) is 23.4 Å². The number of halogens is 6. The molecule has 0 spiro atoms. The monoisotopic (exact) mass is 546 g/mol. The van der Waals surface area contributed by atoms with Crippen LogP contribution in [0.3, 0.4) is 0 Å². The molecule has 0 saturated heterocycles. The van der Waals surface area contributed by atoms with Crippen molar-refractivity contribution in [3.63, 3.8) is 0 Å². The lowest BCUT2D eigenvalue weighted by atomic mass is 9.93. The first-order valence-electron chi connectivity index (χ1n) is 11.0. The molecule has 1 aliphatic heterocycles. The number of hydrogen-bond donors (Lipinski definition) is 2. The fraction of sp³-hybridized carbons (Fsp3) is 0.115. The van der Waals surface area contributed by atoms with Crippen molar-refractivity contribution in [2.24, 2.45) is 7.05 Å². The van der Waals surface area contributed by atoms with E-state index >= 15 is 0 Å². The molecule has 0 fully saturated rings. The minimum absolute atomic E-state index is 0.0326. The molecular formula is C26H16ClF5N4O2. The Kier molecular flexibility index (Phi) is 6.18. The summed E-state index contributed by atoms with van der Waals surface area (Å²) in [4.78, 5) is 26.1. The quantitative estimate of drug-likeness (QED) is 0.303. The van der Waals surface area contributed by atoms with E-state index in [1.54, 1.807) is 19.2 Å². The van der Waals surface area contributed by atoms with Crippen molar-refractivity contribution in [1.29, 1.82) is 0 Å². The number of amides is 2. The summed E-state index contributed by atoms with van der Waals surface area (Å²) in [5, 5.41) is 9.45. The van der Waals surface area contributed by atoms with Crippen LogP contribution in [0.15, 0.2) is 60.8 Å². The first-order chi connectivity index (χ1) is 17.9. The SMILES string of the molecule is Cn1nccc1-c1cc(NC(=O)c2cc(F)cc(C(F)(F)F)c2)c2c(c1)C(=O)N[C@@H]2c1cc(F)ccc1Cl. The van der Waals surface area contributed by atoms with Crippen molar-refractivity contribution in [2.75, 3.05) is 5.32 Å². The number of nitrogens with zero attached hydrogens (tertiary/aromatic N) is 2. The predicted octanol–water partition coefficient (Wildman–Crippen LogP) is 6.12. The van der Waals surface area contributed by atoms with E-state index in [1.807, 2.05) is 0 Å². The highest BCUT2D eigenvalue weighted by Gasteiger charge is 2.36. The molecule has 1 atom stereocenters. The fourth-order valence-electron chi connectivity index (χ4n) is 4.39. The second-order valence-electron chi connectivity index (χ2n) is 8.58. The zero-order chi connectivity index (χ0) is 27.4. The van der Waals surface area contributed by atoms with Gasteiger partial charge in [-0.1, -0.05) is 11.6 Å². The minimum Gasteiger partial charge on any atom is -0.341 e. The summed E-state index contributed by atoms with van der Waals surface area (Å²) < 4.78 is 69.3. The molecule has 0 unspecified atom stereocenters. The number of fused-ring (bicyclic) bond motifs is 1. The summed E-state index contributed by atoms with van der Waals surface area (Å²) in [6, 6.07) is 8.76. The second-order valence-corrected chi connectivity index (χ2v) is 8.99. The number of aromatic nitrogens is 2. The minimum atomic E-state index is -4.88. The molecule has 0 bridgehead atoms. The van der Waals surface area contributed by atoms with Gasteiger partial charge in [-0.25, -0.2) is 8.78 Å². The van der Waals surface area contributed by atoms with Gasteiger partial charge in [-0.05, 0) is 54.6 Å². The normalized spacial score (nSPS) is 14.8. The number of benzene rings is 3. The lowest BCUT2D eigenvalue weighted by Gasteiger charge is -2.19. The highest BCUT2D eigenvalue weighted by atomic mass is 35.5. The van der Waals surface area contributed by atoms with Gasteiger partial charge in [0.15, 0.2) is 0 Å². The molecule has 0 aliphatic carbocycles. The Morgan fingerprint density at radius 3 is 2.50 bits per heavy atom. The first-order valence-corrected chi connectivity index (χ1v) is 11.4. The Bertz CT molecular complexity index is 1620. The molecular weight excluding hydrogens is 531 g/mol. The standard InChI is InChI=1S/C26H16ClF5N4O2/c1-36-21(4-5-33-36)12-8-18-22(23(35-25(18)38)17-11-15(28)2-3-19(17)27)20(9-12)34-24(37)13-6-14(26(30,31)32)10-16(29)7-13/h2-11,23H,1H3,(H,34,37)(H,35,38)/t23-/m1/s1. The number of carbonyl (C=O) groups is 2. The molecule has 0 saturated carbocycles. The summed E-state index contributed by atoms with van der Waals surface area (Å²) in [5.41, 5.74) is -0.331.